The maximum absolute atomic E-state index is 12.6. The van der Waals surface area contributed by atoms with E-state index in [1.165, 1.54) is 12.8 Å². The first-order valence-electron chi connectivity index (χ1n) is 12.8. The molecule has 2 aliphatic rings. The van der Waals surface area contributed by atoms with Crippen LogP contribution in [0.1, 0.15) is 108 Å². The fraction of sp³-hybridized carbons (Fsp3) is 0.667. The molecular formula is C27H41N5O2. The summed E-state index contributed by atoms with van der Waals surface area (Å²) in [5, 5.41) is 16.0. The van der Waals surface area contributed by atoms with Gasteiger partial charge in [-0.15, -0.1) is 10.2 Å². The zero-order chi connectivity index (χ0) is 24.5. The number of aryl methyl sites for hydroxylation is 1. The largest absolute Gasteiger partial charge is 0.444 e. The fourth-order valence-corrected chi connectivity index (χ4v) is 5.83. The molecule has 0 radical (unpaired) electrons. The van der Waals surface area contributed by atoms with E-state index in [1.807, 2.05) is 39.0 Å². The van der Waals surface area contributed by atoms with E-state index in [2.05, 4.69) is 58.3 Å². The standard InChI is InChI=1S/C27H41N5O2/c1-18(2)24-31-30-19(3)32(24)22-16-21-12-14-27(17-22,29-21)15-13-23(20-10-8-7-9-11-20)28-25(33)34-26(4,5)6/h7-11,18,21-23,29H,12-17H2,1-6H3,(H,28,33)/t21?,22?,23-,27?/m0/s1. The van der Waals surface area contributed by atoms with E-state index in [1.54, 1.807) is 0 Å². The van der Waals surface area contributed by atoms with E-state index >= 15 is 0 Å². The highest BCUT2D eigenvalue weighted by atomic mass is 16.6. The second kappa shape index (κ2) is 9.68. The monoisotopic (exact) mass is 467 g/mol. The van der Waals surface area contributed by atoms with Crippen LogP contribution in [0, 0.1) is 6.92 Å². The lowest BCUT2D eigenvalue weighted by molar-refractivity contribution is 0.0496. The molecule has 2 aliphatic heterocycles. The third-order valence-corrected chi connectivity index (χ3v) is 7.24. The van der Waals surface area contributed by atoms with Crippen LogP contribution >= 0.6 is 0 Å². The Kier molecular flexibility index (Phi) is 7.04. The summed E-state index contributed by atoms with van der Waals surface area (Å²) < 4.78 is 7.97. The minimum atomic E-state index is -0.522. The highest BCUT2D eigenvalue weighted by Gasteiger charge is 2.46. The molecule has 3 unspecified atom stereocenters. The van der Waals surface area contributed by atoms with Crippen molar-refractivity contribution >= 4 is 6.09 Å². The van der Waals surface area contributed by atoms with E-state index in [4.69, 9.17) is 4.74 Å². The summed E-state index contributed by atoms with van der Waals surface area (Å²) in [6.07, 6.45) is 6.04. The number of benzene rings is 1. The van der Waals surface area contributed by atoms with Crippen molar-refractivity contribution in [2.24, 2.45) is 0 Å². The molecule has 2 bridgehead atoms. The number of piperidine rings is 1. The Morgan fingerprint density at radius 1 is 1.26 bits per heavy atom. The molecule has 0 aliphatic carbocycles. The van der Waals surface area contributed by atoms with Crippen molar-refractivity contribution in [3.8, 4) is 0 Å². The van der Waals surface area contributed by atoms with Crippen LogP contribution in [-0.2, 0) is 4.74 Å². The molecule has 2 fully saturated rings. The smallest absolute Gasteiger partial charge is 0.408 e. The summed E-state index contributed by atoms with van der Waals surface area (Å²) in [6.45, 7) is 12.1. The third kappa shape index (κ3) is 5.62. The van der Waals surface area contributed by atoms with Gasteiger partial charge in [-0.2, -0.15) is 0 Å². The zero-order valence-electron chi connectivity index (χ0n) is 21.6. The Hall–Kier alpha value is -2.41. The number of carbonyl (C=O) groups excluding carboxylic acids is 1. The van der Waals surface area contributed by atoms with Gasteiger partial charge < -0.3 is 19.9 Å². The number of nitrogens with zero attached hydrogens (tertiary/aromatic N) is 3. The lowest BCUT2D eigenvalue weighted by atomic mass is 9.81. The van der Waals surface area contributed by atoms with Crippen molar-refractivity contribution in [3.63, 3.8) is 0 Å². The molecule has 2 N–H and O–H groups in total. The molecule has 7 nitrogen and oxygen atoms in total. The van der Waals surface area contributed by atoms with E-state index in [9.17, 15) is 4.79 Å². The number of ether oxygens (including phenoxy) is 1. The molecule has 1 amide bonds. The van der Waals surface area contributed by atoms with Crippen LogP contribution in [0.2, 0.25) is 0 Å². The summed E-state index contributed by atoms with van der Waals surface area (Å²) >= 11 is 0. The maximum Gasteiger partial charge on any atom is 0.408 e. The molecule has 0 saturated carbocycles. The summed E-state index contributed by atoms with van der Waals surface area (Å²) in [7, 11) is 0. The average Bonchev–Trinajstić information content (AvgIpc) is 3.30. The number of fused-ring (bicyclic) bond motifs is 2. The Morgan fingerprint density at radius 3 is 2.68 bits per heavy atom. The molecule has 2 saturated heterocycles. The first-order valence-corrected chi connectivity index (χ1v) is 12.8. The van der Waals surface area contributed by atoms with Crippen LogP contribution in [-0.4, -0.2) is 38.0 Å². The minimum Gasteiger partial charge on any atom is -0.444 e. The molecular weight excluding hydrogens is 426 g/mol. The summed E-state index contributed by atoms with van der Waals surface area (Å²) in [4.78, 5) is 12.6. The van der Waals surface area contributed by atoms with Gasteiger partial charge in [-0.05, 0) is 71.8 Å². The van der Waals surface area contributed by atoms with Crippen molar-refractivity contribution in [1.82, 2.24) is 25.4 Å². The van der Waals surface area contributed by atoms with Gasteiger partial charge in [0.1, 0.15) is 17.2 Å². The van der Waals surface area contributed by atoms with Crippen LogP contribution in [0.25, 0.3) is 0 Å². The molecule has 1 aromatic heterocycles. The predicted octanol–water partition coefficient (Wildman–Crippen LogP) is 5.58. The normalized spacial score (nSPS) is 25.4. The van der Waals surface area contributed by atoms with E-state index in [0.29, 0.717) is 18.0 Å². The van der Waals surface area contributed by atoms with E-state index in [-0.39, 0.29) is 17.7 Å². The van der Waals surface area contributed by atoms with Gasteiger partial charge in [0.25, 0.3) is 0 Å². The van der Waals surface area contributed by atoms with Gasteiger partial charge in [0.05, 0.1) is 6.04 Å². The van der Waals surface area contributed by atoms with Crippen LogP contribution in [0.3, 0.4) is 0 Å². The number of amides is 1. The average molecular weight is 468 g/mol. The van der Waals surface area contributed by atoms with Crippen molar-refractivity contribution in [2.45, 2.75) is 115 Å². The van der Waals surface area contributed by atoms with Gasteiger partial charge in [0.2, 0.25) is 0 Å². The second-order valence-corrected chi connectivity index (χ2v) is 11.5. The molecule has 34 heavy (non-hydrogen) atoms. The highest BCUT2D eigenvalue weighted by molar-refractivity contribution is 5.68. The van der Waals surface area contributed by atoms with Gasteiger partial charge in [0, 0.05) is 23.5 Å². The maximum atomic E-state index is 12.6. The first kappa shape index (κ1) is 24.7. The Bertz CT molecular complexity index is 981. The summed E-state index contributed by atoms with van der Waals surface area (Å²) in [6, 6.07) is 11.1. The van der Waals surface area contributed by atoms with Gasteiger partial charge in [-0.1, -0.05) is 44.2 Å². The molecule has 186 valence electrons. The summed E-state index contributed by atoms with van der Waals surface area (Å²) in [5.41, 5.74) is 0.663. The highest BCUT2D eigenvalue weighted by Crippen LogP contribution is 2.45. The number of carbonyl (C=O) groups is 1. The second-order valence-electron chi connectivity index (χ2n) is 11.5. The van der Waals surface area contributed by atoms with Crippen LogP contribution in [0.4, 0.5) is 4.79 Å². The van der Waals surface area contributed by atoms with Crippen LogP contribution in [0.5, 0.6) is 0 Å². The molecule has 1 aromatic carbocycles. The number of rotatable bonds is 7. The molecule has 7 heteroatoms. The number of hydrogen-bond donors (Lipinski definition) is 2. The third-order valence-electron chi connectivity index (χ3n) is 7.24. The Morgan fingerprint density at radius 2 is 2.00 bits per heavy atom. The van der Waals surface area contributed by atoms with Gasteiger partial charge in [0.15, 0.2) is 0 Å². The molecule has 0 spiro atoms. The SMILES string of the molecule is Cc1nnc(C(C)C)n1C1CC2CCC(CC[C@H](NC(=O)OC(C)(C)C)c3ccccc3)(C1)N2. The fourth-order valence-electron chi connectivity index (χ4n) is 5.83. The number of hydrogen-bond acceptors (Lipinski definition) is 5. The molecule has 2 aromatic rings. The predicted molar refractivity (Wildman–Crippen MR) is 134 cm³/mol. The number of aromatic nitrogens is 3. The summed E-state index contributed by atoms with van der Waals surface area (Å²) in [5.74, 6) is 2.46. The van der Waals surface area contributed by atoms with Crippen molar-refractivity contribution < 1.29 is 9.53 Å². The van der Waals surface area contributed by atoms with Gasteiger partial charge in [-0.3, -0.25) is 0 Å². The van der Waals surface area contributed by atoms with Crippen molar-refractivity contribution in [3.05, 3.63) is 47.5 Å². The molecule has 3 heterocycles. The zero-order valence-corrected chi connectivity index (χ0v) is 21.6. The topological polar surface area (TPSA) is 81.1 Å². The quantitative estimate of drug-likeness (QED) is 0.555. The lowest BCUT2D eigenvalue weighted by Gasteiger charge is -2.41. The lowest BCUT2D eigenvalue weighted by Crippen LogP contribution is -2.50. The minimum absolute atomic E-state index is 0.0706. The van der Waals surface area contributed by atoms with Crippen LogP contribution in [0.15, 0.2) is 30.3 Å². The number of alkyl carbamates (subject to hydrolysis) is 1. The van der Waals surface area contributed by atoms with Gasteiger partial charge >= 0.3 is 6.09 Å². The van der Waals surface area contributed by atoms with E-state index < -0.39 is 5.60 Å². The molecule has 4 rings (SSSR count). The van der Waals surface area contributed by atoms with Crippen molar-refractivity contribution in [2.75, 3.05) is 0 Å². The first-order chi connectivity index (χ1) is 16.1. The van der Waals surface area contributed by atoms with Gasteiger partial charge in [-0.25, -0.2) is 4.79 Å². The number of nitrogens with one attached hydrogen (secondary N) is 2. The Labute approximate surface area is 204 Å². The van der Waals surface area contributed by atoms with E-state index in [0.717, 1.165) is 42.9 Å². The molecule has 4 atom stereocenters. The van der Waals surface area contributed by atoms with Crippen LogP contribution < -0.4 is 10.6 Å². The Balaban J connectivity index is 1.50. The van der Waals surface area contributed by atoms with Crippen molar-refractivity contribution in [1.29, 1.82) is 0 Å².